The van der Waals surface area contributed by atoms with Crippen LogP contribution < -0.4 is 0 Å². The fourth-order valence-corrected chi connectivity index (χ4v) is 3.22. The van der Waals surface area contributed by atoms with Crippen molar-refractivity contribution < 1.29 is 17.6 Å². The molecule has 1 heterocycles. The molecule has 2 nitrogen and oxygen atoms in total. The van der Waals surface area contributed by atoms with E-state index in [2.05, 4.69) is 21.0 Å². The van der Waals surface area contributed by atoms with Gasteiger partial charge in [0.2, 0.25) is 0 Å². The second kappa shape index (κ2) is 6.02. The highest BCUT2D eigenvalue weighted by Crippen LogP contribution is 2.42. The van der Waals surface area contributed by atoms with Gasteiger partial charge in [0, 0.05) is 22.5 Å². The monoisotopic (exact) mass is 418 g/mol. The highest BCUT2D eigenvalue weighted by atomic mass is 79.9. The Morgan fingerprint density at radius 3 is 2.32 bits per heavy atom. The van der Waals surface area contributed by atoms with Gasteiger partial charge in [0.05, 0.1) is 5.02 Å². The van der Waals surface area contributed by atoms with Gasteiger partial charge in [-0.1, -0.05) is 39.1 Å². The molecule has 0 bridgehead atoms. The van der Waals surface area contributed by atoms with Crippen molar-refractivity contribution in [2.24, 2.45) is 7.05 Å². The third-order valence-electron chi connectivity index (χ3n) is 3.03. The summed E-state index contributed by atoms with van der Waals surface area (Å²) in [6, 6.07) is 2.37. The summed E-state index contributed by atoms with van der Waals surface area (Å²) in [5, 5.41) is 3.22. The fourth-order valence-electron chi connectivity index (χ4n) is 2.03. The fraction of sp³-hybridized carbons (Fsp3) is 0.308. The Balaban J connectivity index is 2.71. The van der Waals surface area contributed by atoms with Gasteiger partial charge in [-0.2, -0.15) is 18.3 Å². The molecule has 1 unspecified atom stereocenters. The Hall–Kier alpha value is -0.790. The van der Waals surface area contributed by atoms with Gasteiger partial charge in [0.15, 0.2) is 5.69 Å². The molecule has 0 aliphatic rings. The quantitative estimate of drug-likeness (QED) is 0.430. The summed E-state index contributed by atoms with van der Waals surface area (Å²) in [7, 11) is 1.10. The first-order valence-electron chi connectivity index (χ1n) is 5.97. The summed E-state index contributed by atoms with van der Waals surface area (Å²) in [6.07, 6.45) is -4.69. The van der Waals surface area contributed by atoms with Crippen LogP contribution in [0.3, 0.4) is 0 Å². The minimum absolute atomic E-state index is 0.137. The number of hydrogen-bond acceptors (Lipinski definition) is 1. The lowest BCUT2D eigenvalue weighted by Gasteiger charge is -2.10. The van der Waals surface area contributed by atoms with Crippen LogP contribution in [0.15, 0.2) is 12.1 Å². The maximum atomic E-state index is 14.1. The summed E-state index contributed by atoms with van der Waals surface area (Å²) >= 11 is 15.0. The molecule has 1 aromatic heterocycles. The zero-order chi connectivity index (χ0) is 16.8. The third kappa shape index (κ3) is 3.12. The largest absolute Gasteiger partial charge is 0.434 e. The summed E-state index contributed by atoms with van der Waals surface area (Å²) in [5.41, 5.74) is -1.03. The number of halogens is 7. The van der Waals surface area contributed by atoms with Gasteiger partial charge in [-0.05, 0) is 24.6 Å². The lowest BCUT2D eigenvalue weighted by atomic mass is 10.1. The highest BCUT2D eigenvalue weighted by Gasteiger charge is 2.39. The minimum atomic E-state index is -4.69. The van der Waals surface area contributed by atoms with E-state index in [1.54, 1.807) is 6.92 Å². The molecule has 0 spiro atoms. The second-order valence-corrected chi connectivity index (χ2v) is 6.76. The molecule has 2 rings (SSSR count). The van der Waals surface area contributed by atoms with Crippen LogP contribution in [0.25, 0.3) is 11.3 Å². The Morgan fingerprint density at radius 2 is 1.86 bits per heavy atom. The molecular weight excluding hydrogens is 411 g/mol. The van der Waals surface area contributed by atoms with Gasteiger partial charge in [-0.15, -0.1) is 0 Å². The van der Waals surface area contributed by atoms with Crippen molar-refractivity contribution in [3.05, 3.63) is 39.3 Å². The van der Waals surface area contributed by atoms with Gasteiger partial charge in [-0.25, -0.2) is 4.39 Å². The van der Waals surface area contributed by atoms with E-state index in [0.29, 0.717) is 10.2 Å². The number of rotatable bonds is 2. The van der Waals surface area contributed by atoms with Crippen LogP contribution in [0, 0.1) is 5.82 Å². The predicted octanol–water partition coefficient (Wildman–Crippen LogP) is 6.01. The van der Waals surface area contributed by atoms with Gasteiger partial charge < -0.3 is 0 Å². The van der Waals surface area contributed by atoms with Crippen molar-refractivity contribution in [1.29, 1.82) is 0 Å². The number of aromatic nitrogens is 2. The normalized spacial score (nSPS) is 13.5. The van der Waals surface area contributed by atoms with E-state index in [4.69, 9.17) is 23.2 Å². The molecular formula is C13H9BrCl2F4N2. The zero-order valence-corrected chi connectivity index (χ0v) is 14.4. The third-order valence-corrected chi connectivity index (χ3v) is 4.21. The number of aryl methyl sites for hydroxylation is 1. The van der Waals surface area contributed by atoms with Crippen molar-refractivity contribution >= 4 is 39.1 Å². The van der Waals surface area contributed by atoms with Gasteiger partial charge >= 0.3 is 6.18 Å². The van der Waals surface area contributed by atoms with Crippen molar-refractivity contribution in [3.8, 4) is 11.3 Å². The Labute approximate surface area is 142 Å². The molecule has 9 heteroatoms. The molecule has 2 aromatic rings. The Morgan fingerprint density at radius 1 is 1.27 bits per heavy atom. The first-order chi connectivity index (χ1) is 10.0. The Bertz CT molecular complexity index is 726. The van der Waals surface area contributed by atoms with Crippen LogP contribution in [0.2, 0.25) is 10.0 Å². The smallest absolute Gasteiger partial charge is 0.262 e. The van der Waals surface area contributed by atoms with Crippen molar-refractivity contribution in [2.45, 2.75) is 17.9 Å². The van der Waals surface area contributed by atoms with Gasteiger partial charge in [0.1, 0.15) is 11.5 Å². The van der Waals surface area contributed by atoms with Gasteiger partial charge in [0.25, 0.3) is 0 Å². The van der Waals surface area contributed by atoms with E-state index in [1.165, 1.54) is 6.07 Å². The molecule has 0 aliphatic heterocycles. The molecule has 0 radical (unpaired) electrons. The molecule has 0 N–H and O–H groups in total. The molecule has 1 aromatic carbocycles. The summed E-state index contributed by atoms with van der Waals surface area (Å²) in [6.45, 7) is 1.75. The van der Waals surface area contributed by atoms with Crippen LogP contribution in [0.4, 0.5) is 17.6 Å². The second-order valence-electron chi connectivity index (χ2n) is 4.60. The summed E-state index contributed by atoms with van der Waals surface area (Å²) in [5.74, 6) is -0.796. The van der Waals surface area contributed by atoms with Crippen molar-refractivity contribution in [1.82, 2.24) is 9.78 Å². The summed E-state index contributed by atoms with van der Waals surface area (Å²) in [4.78, 5) is -0.219. The van der Waals surface area contributed by atoms with Gasteiger partial charge in [-0.3, -0.25) is 4.68 Å². The summed E-state index contributed by atoms with van der Waals surface area (Å²) < 4.78 is 53.5. The lowest BCUT2D eigenvalue weighted by Crippen LogP contribution is -2.12. The van der Waals surface area contributed by atoms with Crippen LogP contribution in [-0.2, 0) is 13.2 Å². The van der Waals surface area contributed by atoms with Crippen LogP contribution >= 0.6 is 39.1 Å². The van der Waals surface area contributed by atoms with Crippen LogP contribution in [0.1, 0.15) is 23.0 Å². The van der Waals surface area contributed by atoms with Crippen LogP contribution in [0.5, 0.6) is 0 Å². The predicted molar refractivity (Wildman–Crippen MR) is 81.0 cm³/mol. The number of hydrogen-bond donors (Lipinski definition) is 0. The van der Waals surface area contributed by atoms with E-state index in [0.717, 1.165) is 13.1 Å². The zero-order valence-electron chi connectivity index (χ0n) is 11.3. The molecule has 0 amide bonds. The molecule has 0 aliphatic carbocycles. The van der Waals surface area contributed by atoms with Crippen LogP contribution in [-0.4, -0.2) is 9.78 Å². The first kappa shape index (κ1) is 17.6. The molecule has 1 atom stereocenters. The maximum absolute atomic E-state index is 14.1. The number of nitrogens with zero attached hydrogens (tertiary/aromatic N) is 2. The molecule has 0 saturated carbocycles. The number of benzene rings is 1. The van der Waals surface area contributed by atoms with E-state index in [1.807, 2.05) is 0 Å². The molecule has 0 saturated heterocycles. The highest BCUT2D eigenvalue weighted by molar-refractivity contribution is 9.09. The van der Waals surface area contributed by atoms with Crippen molar-refractivity contribution in [3.63, 3.8) is 0 Å². The van der Waals surface area contributed by atoms with E-state index in [9.17, 15) is 17.6 Å². The topological polar surface area (TPSA) is 17.8 Å². The van der Waals surface area contributed by atoms with E-state index < -0.39 is 22.7 Å². The average molecular weight is 420 g/mol. The standard InChI is InChI=1S/C13H9BrCl2F4N2/c1-5(14)6-3-7(9(17)4-8(6)15)11-10(16)12(13(18,19)20)22(2)21-11/h3-5H,1-2H3. The lowest BCUT2D eigenvalue weighted by molar-refractivity contribution is -0.143. The van der Waals surface area contributed by atoms with E-state index >= 15 is 0 Å². The van der Waals surface area contributed by atoms with E-state index in [-0.39, 0.29) is 21.1 Å². The SMILES string of the molecule is CC(Br)c1cc(-c2nn(C)c(C(F)(F)F)c2Cl)c(F)cc1Cl. The molecule has 22 heavy (non-hydrogen) atoms. The first-order valence-corrected chi connectivity index (χ1v) is 7.64. The molecule has 120 valence electrons. The Kier molecular flexibility index (Phi) is 4.80. The average Bonchev–Trinajstić information content (AvgIpc) is 2.63. The maximum Gasteiger partial charge on any atom is 0.434 e. The molecule has 0 fully saturated rings. The minimum Gasteiger partial charge on any atom is -0.262 e. The number of alkyl halides is 4. The van der Waals surface area contributed by atoms with Crippen molar-refractivity contribution in [2.75, 3.05) is 0 Å².